The molecule has 0 aliphatic heterocycles. The van der Waals surface area contributed by atoms with Gasteiger partial charge in [0.2, 0.25) is 0 Å². The lowest BCUT2D eigenvalue weighted by molar-refractivity contribution is -0.143. The number of aromatic nitrogens is 1. The van der Waals surface area contributed by atoms with E-state index in [1.807, 2.05) is 53.1 Å². The molecule has 4 nitrogen and oxygen atoms in total. The molecule has 1 aromatic heterocycles. The van der Waals surface area contributed by atoms with Gasteiger partial charge in [0.25, 0.3) is 0 Å². The maximum absolute atomic E-state index is 12.8. The fourth-order valence-electron chi connectivity index (χ4n) is 3.34. The van der Waals surface area contributed by atoms with Crippen LogP contribution in [0.1, 0.15) is 22.8 Å². The lowest BCUT2D eigenvalue weighted by Crippen LogP contribution is -2.14. The first-order valence-electron chi connectivity index (χ1n) is 7.63. The second-order valence-corrected chi connectivity index (χ2v) is 5.51. The van der Waals surface area contributed by atoms with Crippen LogP contribution >= 0.6 is 0 Å². The number of ether oxygens (including phenoxy) is 1. The third-order valence-electron chi connectivity index (χ3n) is 4.22. The lowest BCUT2D eigenvalue weighted by atomic mass is 10.1. The summed E-state index contributed by atoms with van der Waals surface area (Å²) in [6, 6.07) is 15.2. The van der Waals surface area contributed by atoms with Crippen molar-refractivity contribution in [3.05, 3.63) is 59.7 Å². The summed E-state index contributed by atoms with van der Waals surface area (Å²) in [5.41, 5.74) is 3.97. The Balaban J connectivity index is 2.01. The zero-order chi connectivity index (χ0) is 16.0. The number of fused-ring (bicyclic) bond motifs is 5. The molecule has 0 atom stereocenters. The standard InChI is InChI=1S/C19H15NO3/c1-2-23-16(21)11-20-15-10-6-5-9-14(15)17-18(20)12-7-3-4-8-13(12)19(17)22/h3-10H,2,11H2,1H3. The Labute approximate surface area is 133 Å². The first-order valence-corrected chi connectivity index (χ1v) is 7.63. The Morgan fingerprint density at radius 1 is 1.04 bits per heavy atom. The van der Waals surface area contributed by atoms with E-state index in [1.54, 1.807) is 6.92 Å². The smallest absolute Gasteiger partial charge is 0.325 e. The van der Waals surface area contributed by atoms with E-state index in [1.165, 1.54) is 0 Å². The van der Waals surface area contributed by atoms with Crippen LogP contribution in [-0.2, 0) is 16.1 Å². The molecule has 0 saturated heterocycles. The maximum atomic E-state index is 12.8. The number of carbonyl (C=O) groups is 2. The van der Waals surface area contributed by atoms with Crippen LogP contribution in [0.3, 0.4) is 0 Å². The lowest BCUT2D eigenvalue weighted by Gasteiger charge is -2.10. The van der Waals surface area contributed by atoms with E-state index < -0.39 is 0 Å². The number of para-hydroxylation sites is 1. The molecule has 4 rings (SSSR count). The molecule has 4 heteroatoms. The van der Waals surface area contributed by atoms with Crippen LogP contribution in [0.25, 0.3) is 22.2 Å². The molecule has 0 unspecified atom stereocenters. The molecule has 0 spiro atoms. The van der Waals surface area contributed by atoms with Gasteiger partial charge in [-0.25, -0.2) is 0 Å². The Hall–Kier alpha value is -2.88. The molecule has 2 aromatic carbocycles. The highest BCUT2D eigenvalue weighted by atomic mass is 16.5. The van der Waals surface area contributed by atoms with Crippen LogP contribution in [0.15, 0.2) is 48.5 Å². The summed E-state index contributed by atoms with van der Waals surface area (Å²) >= 11 is 0. The van der Waals surface area contributed by atoms with Crippen molar-refractivity contribution < 1.29 is 14.3 Å². The molecule has 1 aliphatic rings. The Kier molecular flexibility index (Phi) is 3.05. The first kappa shape index (κ1) is 13.8. The van der Waals surface area contributed by atoms with Gasteiger partial charge < -0.3 is 9.30 Å². The summed E-state index contributed by atoms with van der Waals surface area (Å²) in [6.07, 6.45) is 0. The zero-order valence-corrected chi connectivity index (χ0v) is 12.7. The SMILES string of the molecule is CCOC(=O)Cn1c2c(c3ccccc31)C(=O)c1ccccc1-2. The molecule has 23 heavy (non-hydrogen) atoms. The Morgan fingerprint density at radius 3 is 2.52 bits per heavy atom. The van der Waals surface area contributed by atoms with Crippen LogP contribution < -0.4 is 0 Å². The second kappa shape index (κ2) is 5.09. The molecule has 1 aliphatic carbocycles. The van der Waals surface area contributed by atoms with Crippen LogP contribution in [-0.4, -0.2) is 22.9 Å². The molecule has 114 valence electrons. The van der Waals surface area contributed by atoms with Crippen LogP contribution in [0.4, 0.5) is 0 Å². The quantitative estimate of drug-likeness (QED) is 0.545. The van der Waals surface area contributed by atoms with Crippen molar-refractivity contribution in [3.8, 4) is 11.3 Å². The monoisotopic (exact) mass is 305 g/mol. The highest BCUT2D eigenvalue weighted by Gasteiger charge is 2.33. The number of carbonyl (C=O) groups excluding carboxylic acids is 2. The molecule has 3 aromatic rings. The molecule has 0 fully saturated rings. The third kappa shape index (κ3) is 1.91. The van der Waals surface area contributed by atoms with Gasteiger partial charge in [0.05, 0.1) is 17.9 Å². The zero-order valence-electron chi connectivity index (χ0n) is 12.7. The third-order valence-corrected chi connectivity index (χ3v) is 4.22. The van der Waals surface area contributed by atoms with Crippen molar-refractivity contribution >= 4 is 22.7 Å². The van der Waals surface area contributed by atoms with Crippen molar-refractivity contribution in [3.63, 3.8) is 0 Å². The molecule has 0 radical (unpaired) electrons. The summed E-state index contributed by atoms with van der Waals surface area (Å²) in [5, 5.41) is 0.882. The van der Waals surface area contributed by atoms with E-state index in [2.05, 4.69) is 0 Å². The topological polar surface area (TPSA) is 48.3 Å². The molecule has 0 saturated carbocycles. The van der Waals surface area contributed by atoms with Gasteiger partial charge in [-0.05, 0) is 13.0 Å². The predicted molar refractivity (Wildman–Crippen MR) is 87.4 cm³/mol. The Bertz CT molecular complexity index is 952. The predicted octanol–water partition coefficient (Wildman–Crippen LogP) is 3.42. The summed E-state index contributed by atoms with van der Waals surface area (Å²) in [5.74, 6) is -0.276. The fraction of sp³-hybridized carbons (Fsp3) is 0.158. The highest BCUT2D eigenvalue weighted by molar-refractivity contribution is 6.27. The number of ketones is 1. The maximum Gasteiger partial charge on any atom is 0.325 e. The van der Waals surface area contributed by atoms with E-state index in [-0.39, 0.29) is 18.3 Å². The minimum atomic E-state index is -0.298. The molecule has 0 amide bonds. The first-order chi connectivity index (χ1) is 11.2. The molecular weight excluding hydrogens is 290 g/mol. The van der Waals surface area contributed by atoms with Gasteiger partial charge in [-0.15, -0.1) is 0 Å². The van der Waals surface area contributed by atoms with E-state index >= 15 is 0 Å². The van der Waals surface area contributed by atoms with Gasteiger partial charge in [-0.3, -0.25) is 9.59 Å². The summed E-state index contributed by atoms with van der Waals surface area (Å²) < 4.78 is 6.99. The molecular formula is C19H15NO3. The fourth-order valence-corrected chi connectivity index (χ4v) is 3.34. The van der Waals surface area contributed by atoms with Gasteiger partial charge in [0, 0.05) is 22.0 Å². The number of benzene rings is 2. The second-order valence-electron chi connectivity index (χ2n) is 5.51. The normalized spacial score (nSPS) is 12.3. The highest BCUT2D eigenvalue weighted by Crippen LogP contribution is 2.42. The summed E-state index contributed by atoms with van der Waals surface area (Å²) in [7, 11) is 0. The van der Waals surface area contributed by atoms with Gasteiger partial charge >= 0.3 is 5.97 Å². The van der Waals surface area contributed by atoms with E-state index in [0.717, 1.165) is 22.2 Å². The van der Waals surface area contributed by atoms with Crippen LogP contribution in [0, 0.1) is 0 Å². The summed E-state index contributed by atoms with van der Waals surface area (Å²) in [4.78, 5) is 24.8. The average molecular weight is 305 g/mol. The largest absolute Gasteiger partial charge is 0.465 e. The van der Waals surface area contributed by atoms with Crippen molar-refractivity contribution in [2.75, 3.05) is 6.61 Å². The van der Waals surface area contributed by atoms with E-state index in [4.69, 9.17) is 4.74 Å². The van der Waals surface area contributed by atoms with E-state index in [9.17, 15) is 9.59 Å². The van der Waals surface area contributed by atoms with Crippen molar-refractivity contribution in [2.45, 2.75) is 13.5 Å². The van der Waals surface area contributed by atoms with Gasteiger partial charge in [0.15, 0.2) is 5.78 Å². The molecule has 0 N–H and O–H groups in total. The minimum Gasteiger partial charge on any atom is -0.465 e. The molecule has 1 heterocycles. The van der Waals surface area contributed by atoms with Crippen molar-refractivity contribution in [2.24, 2.45) is 0 Å². The van der Waals surface area contributed by atoms with E-state index in [0.29, 0.717) is 17.7 Å². The number of rotatable bonds is 3. The van der Waals surface area contributed by atoms with Crippen molar-refractivity contribution in [1.82, 2.24) is 4.57 Å². The van der Waals surface area contributed by atoms with Crippen molar-refractivity contribution in [1.29, 1.82) is 0 Å². The Morgan fingerprint density at radius 2 is 1.74 bits per heavy atom. The minimum absolute atomic E-state index is 0.0226. The van der Waals surface area contributed by atoms with Crippen LogP contribution in [0.2, 0.25) is 0 Å². The van der Waals surface area contributed by atoms with Gasteiger partial charge in [-0.2, -0.15) is 0 Å². The number of hydrogen-bond donors (Lipinski definition) is 0. The molecule has 0 bridgehead atoms. The average Bonchev–Trinajstić information content (AvgIpc) is 3.04. The van der Waals surface area contributed by atoms with Gasteiger partial charge in [-0.1, -0.05) is 42.5 Å². The number of hydrogen-bond acceptors (Lipinski definition) is 3. The van der Waals surface area contributed by atoms with Crippen LogP contribution in [0.5, 0.6) is 0 Å². The van der Waals surface area contributed by atoms with Gasteiger partial charge in [0.1, 0.15) is 6.54 Å². The summed E-state index contributed by atoms with van der Waals surface area (Å²) in [6.45, 7) is 2.23. The number of esters is 1. The number of nitrogens with zero attached hydrogens (tertiary/aromatic N) is 1.